The van der Waals surface area contributed by atoms with Gasteiger partial charge in [0.2, 0.25) is 11.8 Å². The monoisotopic (exact) mass is 414 g/mol. The van der Waals surface area contributed by atoms with Crippen molar-refractivity contribution in [3.05, 3.63) is 64.4 Å². The number of rotatable bonds is 4. The Labute approximate surface area is 175 Å². The molecule has 4 rings (SSSR count). The zero-order valence-corrected chi connectivity index (χ0v) is 16.9. The third kappa shape index (κ3) is 4.45. The van der Waals surface area contributed by atoms with Gasteiger partial charge in [-0.2, -0.15) is 0 Å². The Balaban J connectivity index is 1.70. The van der Waals surface area contributed by atoms with Crippen molar-refractivity contribution >= 4 is 29.1 Å². The van der Waals surface area contributed by atoms with Gasteiger partial charge in [0.1, 0.15) is 12.4 Å². The number of anilines is 1. The summed E-state index contributed by atoms with van der Waals surface area (Å²) in [6.45, 7) is -0.0438. The Hall–Kier alpha value is -2.40. The van der Waals surface area contributed by atoms with Crippen molar-refractivity contribution in [1.29, 1.82) is 0 Å². The molecule has 0 radical (unpaired) electrons. The highest BCUT2D eigenvalue weighted by atomic mass is 35.5. The number of halogens is 2. The van der Waals surface area contributed by atoms with Gasteiger partial charge in [-0.1, -0.05) is 49.4 Å². The Morgan fingerprint density at radius 3 is 2.59 bits per heavy atom. The standard InChI is InChI=1S/C23H24ClFN2O2/c24-17-8-11-20-19(13-17)23(16-6-9-18(25)10-7-16)27(14-21(28)26-20)22(29)12-5-15-3-1-2-4-15/h6-11,13,15,23H,1-5,12,14H2,(H,26,28). The van der Waals surface area contributed by atoms with Crippen LogP contribution in [0, 0.1) is 11.7 Å². The molecule has 0 aromatic heterocycles. The number of amides is 2. The molecular weight excluding hydrogens is 391 g/mol. The van der Waals surface area contributed by atoms with Crippen LogP contribution in [-0.4, -0.2) is 23.3 Å². The van der Waals surface area contributed by atoms with E-state index in [1.807, 2.05) is 0 Å². The Bertz CT molecular complexity index is 910. The van der Waals surface area contributed by atoms with E-state index >= 15 is 0 Å². The lowest BCUT2D eigenvalue weighted by Gasteiger charge is -2.31. The van der Waals surface area contributed by atoms with Crippen LogP contribution in [0.15, 0.2) is 42.5 Å². The van der Waals surface area contributed by atoms with E-state index < -0.39 is 6.04 Å². The second-order valence-corrected chi connectivity index (χ2v) is 8.38. The SMILES string of the molecule is O=C1CN(C(=O)CCC2CCCC2)C(c2ccc(F)cc2)c2cc(Cl)ccc2N1. The summed E-state index contributed by atoms with van der Waals surface area (Å²) in [5.74, 6) is -0.0608. The van der Waals surface area contributed by atoms with Gasteiger partial charge in [-0.3, -0.25) is 9.59 Å². The average molecular weight is 415 g/mol. The molecular formula is C23H24ClFN2O2. The van der Waals surface area contributed by atoms with E-state index in [9.17, 15) is 14.0 Å². The first-order chi connectivity index (χ1) is 14.0. The van der Waals surface area contributed by atoms with Gasteiger partial charge in [0, 0.05) is 22.7 Å². The van der Waals surface area contributed by atoms with Gasteiger partial charge >= 0.3 is 0 Å². The van der Waals surface area contributed by atoms with Gasteiger partial charge in [-0.05, 0) is 48.2 Å². The zero-order valence-electron chi connectivity index (χ0n) is 16.2. The topological polar surface area (TPSA) is 49.4 Å². The number of carbonyl (C=O) groups is 2. The lowest BCUT2D eigenvalue weighted by atomic mass is 9.94. The summed E-state index contributed by atoms with van der Waals surface area (Å²) in [5.41, 5.74) is 2.12. The van der Waals surface area contributed by atoms with Crippen LogP contribution in [0.1, 0.15) is 55.7 Å². The van der Waals surface area contributed by atoms with E-state index in [2.05, 4.69) is 5.32 Å². The minimum atomic E-state index is -0.501. The number of hydrogen-bond donors (Lipinski definition) is 1. The first-order valence-electron chi connectivity index (χ1n) is 10.2. The predicted molar refractivity (Wildman–Crippen MR) is 111 cm³/mol. The molecule has 29 heavy (non-hydrogen) atoms. The molecule has 6 heteroatoms. The lowest BCUT2D eigenvalue weighted by molar-refractivity contribution is -0.136. The van der Waals surface area contributed by atoms with Crippen LogP contribution in [-0.2, 0) is 9.59 Å². The van der Waals surface area contributed by atoms with Gasteiger partial charge in [0.25, 0.3) is 0 Å². The third-order valence-corrected chi connectivity index (χ3v) is 6.19. The highest BCUT2D eigenvalue weighted by Crippen LogP contribution is 2.38. The molecule has 0 bridgehead atoms. The number of nitrogens with zero attached hydrogens (tertiary/aromatic N) is 1. The summed E-state index contributed by atoms with van der Waals surface area (Å²) < 4.78 is 13.5. The van der Waals surface area contributed by atoms with E-state index in [-0.39, 0.29) is 24.2 Å². The Morgan fingerprint density at radius 2 is 1.86 bits per heavy atom. The van der Waals surface area contributed by atoms with Crippen LogP contribution in [0.2, 0.25) is 5.02 Å². The summed E-state index contributed by atoms with van der Waals surface area (Å²) in [6, 6.07) is 10.8. The molecule has 2 aromatic carbocycles. The van der Waals surface area contributed by atoms with Crippen LogP contribution >= 0.6 is 11.6 Å². The molecule has 0 spiro atoms. The summed E-state index contributed by atoms with van der Waals surface area (Å²) >= 11 is 6.24. The minimum Gasteiger partial charge on any atom is -0.324 e. The van der Waals surface area contributed by atoms with Crippen LogP contribution in [0.25, 0.3) is 0 Å². The first kappa shape index (κ1) is 19.9. The molecule has 2 aliphatic rings. The molecule has 2 amide bonds. The van der Waals surface area contributed by atoms with Crippen molar-refractivity contribution in [3.63, 3.8) is 0 Å². The summed E-state index contributed by atoms with van der Waals surface area (Å²) in [7, 11) is 0. The van der Waals surface area contributed by atoms with Gasteiger partial charge in [0.15, 0.2) is 0 Å². The number of fused-ring (bicyclic) bond motifs is 1. The molecule has 1 aliphatic carbocycles. The molecule has 1 N–H and O–H groups in total. The maximum Gasteiger partial charge on any atom is 0.244 e. The molecule has 1 fully saturated rings. The summed E-state index contributed by atoms with van der Waals surface area (Å²) in [5, 5.41) is 3.40. The Kier molecular flexibility index (Phi) is 5.86. The van der Waals surface area contributed by atoms with Crippen molar-refractivity contribution in [2.45, 2.75) is 44.6 Å². The average Bonchev–Trinajstić information content (AvgIpc) is 3.17. The number of nitrogens with one attached hydrogen (secondary N) is 1. The van der Waals surface area contributed by atoms with E-state index in [0.29, 0.717) is 23.0 Å². The van der Waals surface area contributed by atoms with Gasteiger partial charge in [-0.25, -0.2) is 4.39 Å². The fraction of sp³-hybridized carbons (Fsp3) is 0.391. The molecule has 1 saturated carbocycles. The fourth-order valence-corrected chi connectivity index (χ4v) is 4.66. The van der Waals surface area contributed by atoms with Gasteiger partial charge in [0.05, 0.1) is 6.04 Å². The molecule has 1 heterocycles. The number of benzene rings is 2. The highest BCUT2D eigenvalue weighted by Gasteiger charge is 2.33. The molecule has 0 saturated heterocycles. The number of hydrogen-bond acceptors (Lipinski definition) is 2. The molecule has 4 nitrogen and oxygen atoms in total. The molecule has 1 aliphatic heterocycles. The van der Waals surface area contributed by atoms with Crippen LogP contribution in [0.4, 0.5) is 10.1 Å². The molecule has 2 aromatic rings. The van der Waals surface area contributed by atoms with E-state index in [1.54, 1.807) is 35.2 Å². The van der Waals surface area contributed by atoms with Crippen LogP contribution < -0.4 is 5.32 Å². The smallest absolute Gasteiger partial charge is 0.244 e. The van der Waals surface area contributed by atoms with Crippen molar-refractivity contribution in [1.82, 2.24) is 4.90 Å². The lowest BCUT2D eigenvalue weighted by Crippen LogP contribution is -2.39. The van der Waals surface area contributed by atoms with Gasteiger partial charge in [-0.15, -0.1) is 0 Å². The molecule has 152 valence electrons. The largest absolute Gasteiger partial charge is 0.324 e. The van der Waals surface area contributed by atoms with Crippen LogP contribution in [0.5, 0.6) is 0 Å². The van der Waals surface area contributed by atoms with E-state index in [4.69, 9.17) is 11.6 Å². The van der Waals surface area contributed by atoms with Crippen molar-refractivity contribution in [2.24, 2.45) is 5.92 Å². The van der Waals surface area contributed by atoms with E-state index in [0.717, 1.165) is 17.5 Å². The van der Waals surface area contributed by atoms with Crippen molar-refractivity contribution < 1.29 is 14.0 Å². The quantitative estimate of drug-likeness (QED) is 0.736. The third-order valence-electron chi connectivity index (χ3n) is 5.96. The van der Waals surface area contributed by atoms with Crippen molar-refractivity contribution in [2.75, 3.05) is 11.9 Å². The maximum atomic E-state index is 13.5. The second-order valence-electron chi connectivity index (χ2n) is 7.94. The molecule has 1 unspecified atom stereocenters. The Morgan fingerprint density at radius 1 is 1.14 bits per heavy atom. The first-order valence-corrected chi connectivity index (χ1v) is 10.5. The molecule has 1 atom stereocenters. The number of carbonyl (C=O) groups excluding carboxylic acids is 2. The van der Waals surface area contributed by atoms with Gasteiger partial charge < -0.3 is 10.2 Å². The summed E-state index contributed by atoms with van der Waals surface area (Å²) in [6.07, 6.45) is 6.06. The zero-order chi connectivity index (χ0) is 20.4. The highest BCUT2D eigenvalue weighted by molar-refractivity contribution is 6.30. The minimum absolute atomic E-state index is 0.0438. The van der Waals surface area contributed by atoms with Crippen LogP contribution in [0.3, 0.4) is 0 Å². The maximum absolute atomic E-state index is 13.5. The predicted octanol–water partition coefficient (Wildman–Crippen LogP) is 5.32. The second kappa shape index (κ2) is 8.54. The summed E-state index contributed by atoms with van der Waals surface area (Å²) in [4.78, 5) is 27.4. The fourth-order valence-electron chi connectivity index (χ4n) is 4.48. The normalized spacial score (nSPS) is 19.6. The van der Waals surface area contributed by atoms with Crippen molar-refractivity contribution in [3.8, 4) is 0 Å². The van der Waals surface area contributed by atoms with E-state index in [1.165, 1.54) is 37.8 Å².